The zero-order chi connectivity index (χ0) is 27.1. The molecule has 196 valence electrons. The second-order valence-electron chi connectivity index (χ2n) is 8.71. The molecule has 0 unspecified atom stereocenters. The van der Waals surface area contributed by atoms with E-state index >= 15 is 0 Å². The van der Waals surface area contributed by atoms with E-state index in [4.69, 9.17) is 19.2 Å². The maximum atomic E-state index is 13.9. The highest BCUT2D eigenvalue weighted by molar-refractivity contribution is 9.10. The molecule has 0 saturated heterocycles. The number of rotatable bonds is 5. The van der Waals surface area contributed by atoms with Crippen molar-refractivity contribution in [2.24, 2.45) is 4.99 Å². The smallest absolute Gasteiger partial charge is 0.338 e. The minimum atomic E-state index is -0.876. The van der Waals surface area contributed by atoms with Gasteiger partial charge in [-0.05, 0) is 48.4 Å². The zero-order valence-electron chi connectivity index (χ0n) is 20.5. The Morgan fingerprint density at radius 3 is 2.59 bits per heavy atom. The number of benzene rings is 3. The topological polar surface area (TPSA) is 79.1 Å². The molecule has 0 aliphatic carbocycles. The Labute approximate surface area is 234 Å². The second kappa shape index (κ2) is 10.3. The van der Waals surface area contributed by atoms with Gasteiger partial charge in [0.1, 0.15) is 5.82 Å². The van der Waals surface area contributed by atoms with E-state index in [9.17, 15) is 14.0 Å². The molecule has 2 aliphatic rings. The van der Waals surface area contributed by atoms with E-state index in [1.807, 2.05) is 30.3 Å². The predicted octanol–water partition coefficient (Wildman–Crippen LogP) is 4.57. The molecule has 0 N–H and O–H groups in total. The zero-order valence-corrected chi connectivity index (χ0v) is 22.9. The van der Waals surface area contributed by atoms with Crippen LogP contribution in [0.5, 0.6) is 11.5 Å². The van der Waals surface area contributed by atoms with Crippen molar-refractivity contribution in [2.75, 3.05) is 13.4 Å². The van der Waals surface area contributed by atoms with Gasteiger partial charge in [-0.2, -0.15) is 0 Å². The van der Waals surface area contributed by atoms with Crippen LogP contribution in [0.1, 0.15) is 29.7 Å². The first kappa shape index (κ1) is 25.3. The number of ether oxygens (including phenoxy) is 3. The van der Waals surface area contributed by atoms with Crippen LogP contribution in [-0.2, 0) is 9.53 Å². The molecule has 10 heteroatoms. The molecule has 3 heterocycles. The summed E-state index contributed by atoms with van der Waals surface area (Å²) in [6.07, 6.45) is 1.74. The van der Waals surface area contributed by atoms with Crippen LogP contribution >= 0.6 is 27.3 Å². The molecule has 0 bridgehead atoms. The lowest BCUT2D eigenvalue weighted by molar-refractivity contribution is -0.138. The van der Waals surface area contributed by atoms with Crippen molar-refractivity contribution in [3.8, 4) is 11.5 Å². The molecule has 0 fully saturated rings. The Balaban J connectivity index is 1.63. The van der Waals surface area contributed by atoms with Gasteiger partial charge in [0.25, 0.3) is 5.56 Å². The predicted molar refractivity (Wildman–Crippen MR) is 148 cm³/mol. The highest BCUT2D eigenvalue weighted by Crippen LogP contribution is 2.38. The minimum Gasteiger partial charge on any atom is -0.463 e. The van der Waals surface area contributed by atoms with Crippen molar-refractivity contribution in [3.05, 3.63) is 119 Å². The molecule has 1 atom stereocenters. The van der Waals surface area contributed by atoms with Gasteiger partial charge in [0.05, 0.1) is 28.5 Å². The van der Waals surface area contributed by atoms with Gasteiger partial charge in [0, 0.05) is 10.0 Å². The van der Waals surface area contributed by atoms with Crippen LogP contribution in [0.25, 0.3) is 11.8 Å². The average Bonchev–Trinajstić information content (AvgIpc) is 3.52. The van der Waals surface area contributed by atoms with Gasteiger partial charge in [-0.3, -0.25) is 9.36 Å². The van der Waals surface area contributed by atoms with Crippen molar-refractivity contribution in [1.82, 2.24) is 4.57 Å². The first-order chi connectivity index (χ1) is 18.9. The summed E-state index contributed by atoms with van der Waals surface area (Å²) < 4.78 is 32.9. The Hall–Kier alpha value is -4.02. The van der Waals surface area contributed by atoms with Crippen molar-refractivity contribution >= 4 is 45.0 Å². The van der Waals surface area contributed by atoms with E-state index in [-0.39, 0.29) is 24.5 Å². The van der Waals surface area contributed by atoms with Gasteiger partial charge in [0.15, 0.2) is 16.3 Å². The van der Waals surface area contributed by atoms with E-state index in [1.54, 1.807) is 37.3 Å². The molecule has 0 radical (unpaired) electrons. The Morgan fingerprint density at radius 2 is 1.87 bits per heavy atom. The molecule has 0 amide bonds. The fourth-order valence-electron chi connectivity index (χ4n) is 4.59. The van der Waals surface area contributed by atoms with Crippen LogP contribution in [0, 0.1) is 5.82 Å². The van der Waals surface area contributed by atoms with Crippen LogP contribution in [-0.4, -0.2) is 23.9 Å². The van der Waals surface area contributed by atoms with E-state index in [0.717, 1.165) is 10.0 Å². The van der Waals surface area contributed by atoms with Crippen molar-refractivity contribution in [3.63, 3.8) is 0 Å². The van der Waals surface area contributed by atoms with E-state index in [1.165, 1.54) is 28.0 Å². The maximum Gasteiger partial charge on any atom is 0.338 e. The van der Waals surface area contributed by atoms with E-state index in [0.29, 0.717) is 37.7 Å². The molecule has 0 spiro atoms. The van der Waals surface area contributed by atoms with Gasteiger partial charge >= 0.3 is 5.97 Å². The lowest BCUT2D eigenvalue weighted by atomic mass is 9.93. The van der Waals surface area contributed by atoms with Crippen molar-refractivity contribution in [1.29, 1.82) is 0 Å². The quantitative estimate of drug-likeness (QED) is 0.311. The SMILES string of the molecule is CCOC(=O)C1=C(c2ccccc2)N=c2s/c(=C\c3cc4c(cc3Br)OCO4)c(=O)n2[C@@H]1c1ccc(F)cc1. The lowest BCUT2D eigenvalue weighted by Crippen LogP contribution is -2.40. The number of esters is 1. The molecule has 7 nitrogen and oxygen atoms in total. The summed E-state index contributed by atoms with van der Waals surface area (Å²) >= 11 is 4.75. The molecular formula is C29H20BrFN2O5S. The van der Waals surface area contributed by atoms with E-state index in [2.05, 4.69) is 15.9 Å². The first-order valence-electron chi connectivity index (χ1n) is 12.1. The molecule has 39 heavy (non-hydrogen) atoms. The number of hydrogen-bond acceptors (Lipinski definition) is 7. The maximum absolute atomic E-state index is 13.9. The van der Waals surface area contributed by atoms with Gasteiger partial charge < -0.3 is 14.2 Å². The minimum absolute atomic E-state index is 0.129. The largest absolute Gasteiger partial charge is 0.463 e. The number of halogens is 2. The Bertz CT molecular complexity index is 1810. The number of aromatic nitrogens is 1. The summed E-state index contributed by atoms with van der Waals surface area (Å²) in [4.78, 5) is 32.6. The van der Waals surface area contributed by atoms with Gasteiger partial charge in [0.2, 0.25) is 6.79 Å². The van der Waals surface area contributed by atoms with E-state index < -0.39 is 17.8 Å². The Morgan fingerprint density at radius 1 is 1.15 bits per heavy atom. The molecule has 1 aromatic heterocycles. The van der Waals surface area contributed by atoms with Crippen LogP contribution in [0.4, 0.5) is 4.39 Å². The standard InChI is InChI=1S/C29H20BrFN2O5S/c1-2-36-28(35)24-25(16-6-4-3-5-7-16)32-29-33(26(24)17-8-10-19(31)11-9-17)27(34)23(39-29)13-18-12-21-22(14-20(18)30)38-15-37-21/h3-14,26H,2,15H2,1H3/b23-13-/t26-/m1/s1. The lowest BCUT2D eigenvalue weighted by Gasteiger charge is -2.25. The van der Waals surface area contributed by atoms with Crippen LogP contribution in [0.3, 0.4) is 0 Å². The van der Waals surface area contributed by atoms with Gasteiger partial charge in [-0.15, -0.1) is 0 Å². The molecular weight excluding hydrogens is 587 g/mol. The van der Waals surface area contributed by atoms with Crippen LogP contribution < -0.4 is 24.4 Å². The summed E-state index contributed by atoms with van der Waals surface area (Å²) in [7, 11) is 0. The first-order valence-corrected chi connectivity index (χ1v) is 13.7. The number of hydrogen-bond donors (Lipinski definition) is 0. The third-order valence-corrected chi connectivity index (χ3v) is 8.01. The van der Waals surface area contributed by atoms with Gasteiger partial charge in [-0.1, -0.05) is 69.7 Å². The highest BCUT2D eigenvalue weighted by Gasteiger charge is 2.35. The average molecular weight is 607 g/mol. The normalized spacial score (nSPS) is 16.2. The number of carbonyl (C=O) groups excluding carboxylic acids is 1. The van der Waals surface area contributed by atoms with Crippen LogP contribution in [0.15, 0.2) is 86.6 Å². The summed E-state index contributed by atoms with van der Waals surface area (Å²) in [5.41, 5.74) is 2.24. The highest BCUT2D eigenvalue weighted by atomic mass is 79.9. The summed E-state index contributed by atoms with van der Waals surface area (Å²) in [6.45, 7) is 1.99. The molecule has 4 aromatic rings. The van der Waals surface area contributed by atoms with Crippen molar-refractivity contribution in [2.45, 2.75) is 13.0 Å². The monoisotopic (exact) mass is 606 g/mol. The summed E-state index contributed by atoms with van der Waals surface area (Å²) in [6, 6.07) is 17.7. The number of fused-ring (bicyclic) bond motifs is 2. The summed E-state index contributed by atoms with van der Waals surface area (Å²) in [5.74, 6) is 0.173. The molecule has 2 aliphatic heterocycles. The number of thiazole rings is 1. The van der Waals surface area contributed by atoms with Crippen molar-refractivity contribution < 1.29 is 23.4 Å². The fourth-order valence-corrected chi connectivity index (χ4v) is 6.01. The third kappa shape index (κ3) is 4.59. The molecule has 0 saturated carbocycles. The van der Waals surface area contributed by atoms with Gasteiger partial charge in [-0.25, -0.2) is 14.2 Å². The summed E-state index contributed by atoms with van der Waals surface area (Å²) in [5, 5.41) is 0. The third-order valence-electron chi connectivity index (χ3n) is 6.34. The van der Waals surface area contributed by atoms with Crippen LogP contribution in [0.2, 0.25) is 0 Å². The molecule has 3 aromatic carbocycles. The number of carbonyl (C=O) groups is 1. The molecule has 6 rings (SSSR count). The number of nitrogens with zero attached hydrogens (tertiary/aromatic N) is 2. The fraction of sp³-hybridized carbons (Fsp3) is 0.138. The second-order valence-corrected chi connectivity index (χ2v) is 10.6. The Kier molecular flexibility index (Phi) is 6.66.